The van der Waals surface area contributed by atoms with Gasteiger partial charge in [0.05, 0.1) is 5.01 Å². The van der Waals surface area contributed by atoms with E-state index in [0.717, 1.165) is 17.1 Å². The molecule has 2 rings (SSSR count). The summed E-state index contributed by atoms with van der Waals surface area (Å²) in [5.41, 5.74) is 0.899. The van der Waals surface area contributed by atoms with Crippen LogP contribution in [0, 0.1) is 0 Å². The Morgan fingerprint density at radius 3 is 2.57 bits per heavy atom. The van der Waals surface area contributed by atoms with Gasteiger partial charge in [-0.1, -0.05) is 19.1 Å². The minimum Gasteiger partial charge on any atom is -0.406 e. The van der Waals surface area contributed by atoms with Crippen LogP contribution in [-0.4, -0.2) is 17.9 Å². The van der Waals surface area contributed by atoms with E-state index in [9.17, 15) is 13.2 Å². The second-order valence-corrected chi connectivity index (χ2v) is 5.52. The van der Waals surface area contributed by atoms with E-state index in [1.807, 2.05) is 5.38 Å². The number of benzene rings is 1. The first kappa shape index (κ1) is 15.8. The molecule has 114 valence electrons. The van der Waals surface area contributed by atoms with E-state index < -0.39 is 6.36 Å². The molecule has 0 fully saturated rings. The van der Waals surface area contributed by atoms with E-state index in [-0.39, 0.29) is 5.75 Å². The first-order valence-corrected chi connectivity index (χ1v) is 7.27. The summed E-state index contributed by atoms with van der Waals surface area (Å²) >= 11 is 1.61. The lowest BCUT2D eigenvalue weighted by Gasteiger charge is -2.11. The van der Waals surface area contributed by atoms with Crippen molar-refractivity contribution in [1.82, 2.24) is 10.3 Å². The summed E-state index contributed by atoms with van der Waals surface area (Å²) in [4.78, 5) is 4.24. The van der Waals surface area contributed by atoms with Gasteiger partial charge < -0.3 is 10.1 Å². The van der Waals surface area contributed by atoms with Crippen LogP contribution in [-0.2, 0) is 6.54 Å². The van der Waals surface area contributed by atoms with Crippen LogP contribution in [0.4, 0.5) is 13.2 Å². The van der Waals surface area contributed by atoms with E-state index in [1.165, 1.54) is 12.1 Å². The minimum atomic E-state index is -4.65. The van der Waals surface area contributed by atoms with Gasteiger partial charge in [-0.15, -0.1) is 24.5 Å². The van der Waals surface area contributed by atoms with Gasteiger partial charge in [0.25, 0.3) is 0 Å². The van der Waals surface area contributed by atoms with Crippen molar-refractivity contribution >= 4 is 11.3 Å². The quantitative estimate of drug-likeness (QED) is 0.876. The Morgan fingerprint density at radius 2 is 2.00 bits per heavy atom. The zero-order chi connectivity index (χ0) is 15.3. The second-order valence-electron chi connectivity index (χ2n) is 4.59. The smallest absolute Gasteiger partial charge is 0.406 e. The number of ether oxygens (including phenoxy) is 1. The number of thiazole rings is 1. The van der Waals surface area contributed by atoms with Gasteiger partial charge in [-0.3, -0.25) is 0 Å². The molecule has 0 aliphatic carbocycles. The van der Waals surface area contributed by atoms with Gasteiger partial charge in [0.2, 0.25) is 0 Å². The number of rotatable bonds is 6. The van der Waals surface area contributed by atoms with Crippen molar-refractivity contribution in [3.63, 3.8) is 0 Å². The fraction of sp³-hybridized carbons (Fsp3) is 0.357. The Morgan fingerprint density at radius 1 is 1.29 bits per heavy atom. The maximum atomic E-state index is 12.0. The molecule has 0 saturated carbocycles. The molecule has 7 heteroatoms. The van der Waals surface area contributed by atoms with Crippen LogP contribution in [0.2, 0.25) is 0 Å². The maximum Gasteiger partial charge on any atom is 0.573 e. The Labute approximate surface area is 124 Å². The summed E-state index contributed by atoms with van der Waals surface area (Å²) in [7, 11) is 0. The number of hydrogen-bond donors (Lipinski definition) is 1. The molecule has 1 aromatic heterocycles. The van der Waals surface area contributed by atoms with E-state index in [0.29, 0.717) is 12.5 Å². The summed E-state index contributed by atoms with van der Waals surface area (Å²) in [6, 6.07) is 5.85. The standard InChI is InChI=1S/C14H15F3N2OS/c1-10(13-19-6-7-21-13)8-18-9-11-2-4-12(5-3-11)20-14(15,16)17/h2-7,10,18H,8-9H2,1H3. The molecule has 3 nitrogen and oxygen atoms in total. The summed E-state index contributed by atoms with van der Waals surface area (Å²) in [6.45, 7) is 3.42. The largest absolute Gasteiger partial charge is 0.573 e. The number of nitrogens with one attached hydrogen (secondary N) is 1. The highest BCUT2D eigenvalue weighted by Crippen LogP contribution is 2.22. The predicted molar refractivity (Wildman–Crippen MR) is 75.4 cm³/mol. The summed E-state index contributed by atoms with van der Waals surface area (Å²) < 4.78 is 39.9. The summed E-state index contributed by atoms with van der Waals surface area (Å²) in [5.74, 6) is 0.0974. The average molecular weight is 316 g/mol. The summed E-state index contributed by atoms with van der Waals surface area (Å²) in [6.07, 6.45) is -2.88. The summed E-state index contributed by atoms with van der Waals surface area (Å²) in [5, 5.41) is 6.26. The van der Waals surface area contributed by atoms with Crippen molar-refractivity contribution < 1.29 is 17.9 Å². The van der Waals surface area contributed by atoms with Crippen LogP contribution in [0.1, 0.15) is 23.4 Å². The van der Waals surface area contributed by atoms with Crippen LogP contribution in [0.15, 0.2) is 35.8 Å². The van der Waals surface area contributed by atoms with Crippen molar-refractivity contribution in [3.8, 4) is 5.75 Å². The molecule has 21 heavy (non-hydrogen) atoms. The number of halogens is 3. The Hall–Kier alpha value is -1.60. The van der Waals surface area contributed by atoms with Gasteiger partial charge in [-0.05, 0) is 17.7 Å². The van der Waals surface area contributed by atoms with Gasteiger partial charge in [0.15, 0.2) is 0 Å². The molecular formula is C14H15F3N2OS. The van der Waals surface area contributed by atoms with Crippen LogP contribution in [0.25, 0.3) is 0 Å². The molecule has 2 aromatic rings. The van der Waals surface area contributed by atoms with Crippen LogP contribution in [0.5, 0.6) is 5.75 Å². The first-order valence-electron chi connectivity index (χ1n) is 6.39. The fourth-order valence-corrected chi connectivity index (χ4v) is 2.51. The molecule has 0 radical (unpaired) electrons. The number of alkyl halides is 3. The first-order chi connectivity index (χ1) is 9.94. The monoisotopic (exact) mass is 316 g/mol. The van der Waals surface area contributed by atoms with Gasteiger partial charge in [0.1, 0.15) is 5.75 Å². The lowest BCUT2D eigenvalue weighted by molar-refractivity contribution is -0.274. The lowest BCUT2D eigenvalue weighted by atomic mass is 10.1. The van der Waals surface area contributed by atoms with Crippen LogP contribution in [0.3, 0.4) is 0 Å². The van der Waals surface area contributed by atoms with E-state index in [2.05, 4.69) is 22.0 Å². The van der Waals surface area contributed by atoms with Crippen LogP contribution < -0.4 is 10.1 Å². The van der Waals surface area contributed by atoms with Gasteiger partial charge in [-0.25, -0.2) is 4.98 Å². The van der Waals surface area contributed by atoms with Crippen molar-refractivity contribution in [2.75, 3.05) is 6.54 Å². The van der Waals surface area contributed by atoms with Crippen molar-refractivity contribution in [2.45, 2.75) is 25.7 Å². The van der Waals surface area contributed by atoms with E-state index >= 15 is 0 Å². The third-order valence-electron chi connectivity index (χ3n) is 2.81. The van der Waals surface area contributed by atoms with Gasteiger partial charge in [0, 0.05) is 30.6 Å². The topological polar surface area (TPSA) is 34.1 Å². The molecule has 1 atom stereocenters. The number of hydrogen-bond acceptors (Lipinski definition) is 4. The molecule has 0 saturated heterocycles. The Bertz CT molecular complexity index is 540. The highest BCUT2D eigenvalue weighted by Gasteiger charge is 2.30. The Kier molecular flexibility index (Phi) is 5.19. The third-order valence-corrected chi connectivity index (χ3v) is 3.82. The van der Waals surface area contributed by atoms with Gasteiger partial charge >= 0.3 is 6.36 Å². The normalized spacial score (nSPS) is 13.1. The molecule has 1 unspecified atom stereocenters. The number of nitrogens with zero attached hydrogens (tertiary/aromatic N) is 1. The molecule has 1 aromatic carbocycles. The van der Waals surface area contributed by atoms with Crippen molar-refractivity contribution in [3.05, 3.63) is 46.4 Å². The van der Waals surface area contributed by atoms with Crippen molar-refractivity contribution in [2.24, 2.45) is 0 Å². The molecule has 0 bridgehead atoms. The highest BCUT2D eigenvalue weighted by atomic mass is 32.1. The molecule has 1 heterocycles. The molecular weight excluding hydrogens is 301 g/mol. The van der Waals surface area contributed by atoms with Crippen molar-refractivity contribution in [1.29, 1.82) is 0 Å². The zero-order valence-corrected chi connectivity index (χ0v) is 12.2. The third kappa shape index (κ3) is 5.35. The predicted octanol–water partition coefficient (Wildman–Crippen LogP) is 3.94. The average Bonchev–Trinajstić information content (AvgIpc) is 2.93. The number of aromatic nitrogens is 1. The van der Waals surface area contributed by atoms with E-state index in [1.54, 1.807) is 29.7 Å². The molecule has 0 aliphatic rings. The van der Waals surface area contributed by atoms with Crippen LogP contribution >= 0.6 is 11.3 Å². The molecule has 0 spiro atoms. The van der Waals surface area contributed by atoms with Gasteiger partial charge in [-0.2, -0.15) is 0 Å². The maximum absolute atomic E-state index is 12.0. The second kappa shape index (κ2) is 6.91. The SMILES string of the molecule is CC(CNCc1ccc(OC(F)(F)F)cc1)c1nccs1. The fourth-order valence-electron chi connectivity index (χ4n) is 1.81. The minimum absolute atomic E-state index is 0.206. The van der Waals surface area contributed by atoms with E-state index in [4.69, 9.17) is 0 Å². The zero-order valence-electron chi connectivity index (χ0n) is 11.4. The Balaban J connectivity index is 1.78. The highest BCUT2D eigenvalue weighted by molar-refractivity contribution is 7.09. The molecule has 0 aliphatic heterocycles. The molecule has 0 amide bonds. The lowest BCUT2D eigenvalue weighted by Crippen LogP contribution is -2.19. The molecule has 1 N–H and O–H groups in total.